The summed E-state index contributed by atoms with van der Waals surface area (Å²) >= 11 is 0. The van der Waals surface area contributed by atoms with Crippen LogP contribution < -0.4 is 10.6 Å². The van der Waals surface area contributed by atoms with Crippen LogP contribution in [-0.2, 0) is 0 Å². The van der Waals surface area contributed by atoms with Crippen molar-refractivity contribution in [1.29, 1.82) is 0 Å². The van der Waals surface area contributed by atoms with Crippen molar-refractivity contribution in [3.8, 4) is 0 Å². The fourth-order valence-corrected chi connectivity index (χ4v) is 2.39. The van der Waals surface area contributed by atoms with Gasteiger partial charge in [0.2, 0.25) is 0 Å². The van der Waals surface area contributed by atoms with Crippen molar-refractivity contribution in [2.24, 2.45) is 11.8 Å². The lowest BCUT2D eigenvalue weighted by molar-refractivity contribution is 0.493. The van der Waals surface area contributed by atoms with Crippen LogP contribution in [0.1, 0.15) is 32.6 Å². The molecule has 0 radical (unpaired) electrons. The summed E-state index contributed by atoms with van der Waals surface area (Å²) in [5.74, 6) is 1.92. The second kappa shape index (κ2) is 4.43. The lowest BCUT2D eigenvalue weighted by Gasteiger charge is -2.09. The highest BCUT2D eigenvalue weighted by molar-refractivity contribution is 4.93. The van der Waals surface area contributed by atoms with Crippen molar-refractivity contribution in [3.63, 3.8) is 0 Å². The normalized spacial score (nSPS) is 38.1. The zero-order valence-corrected chi connectivity index (χ0v) is 8.68. The fourth-order valence-electron chi connectivity index (χ4n) is 2.39. The molecule has 0 aromatic heterocycles. The average molecular weight is 182 g/mol. The lowest BCUT2D eigenvalue weighted by atomic mass is 10.1. The largest absolute Gasteiger partial charge is 0.316 e. The molecule has 2 N–H and O–H groups in total. The van der Waals surface area contributed by atoms with E-state index in [0.29, 0.717) is 0 Å². The van der Waals surface area contributed by atoms with Crippen LogP contribution in [0.3, 0.4) is 0 Å². The molecule has 2 nitrogen and oxygen atoms in total. The molecule has 0 spiro atoms. The van der Waals surface area contributed by atoms with Gasteiger partial charge in [-0.15, -0.1) is 0 Å². The van der Waals surface area contributed by atoms with Crippen LogP contribution >= 0.6 is 0 Å². The maximum Gasteiger partial charge on any atom is 0.00992 e. The molecule has 3 unspecified atom stereocenters. The van der Waals surface area contributed by atoms with E-state index < -0.39 is 0 Å². The van der Waals surface area contributed by atoms with Crippen molar-refractivity contribution in [2.45, 2.75) is 38.6 Å². The minimum absolute atomic E-state index is 0.876. The number of hydrogen-bond acceptors (Lipinski definition) is 2. The van der Waals surface area contributed by atoms with E-state index in [-0.39, 0.29) is 0 Å². The maximum atomic E-state index is 3.69. The smallest absolute Gasteiger partial charge is 0.00992 e. The molecule has 2 heteroatoms. The van der Waals surface area contributed by atoms with Gasteiger partial charge in [-0.05, 0) is 50.7 Å². The van der Waals surface area contributed by atoms with Crippen LogP contribution in [0.4, 0.5) is 0 Å². The van der Waals surface area contributed by atoms with E-state index in [1.165, 1.54) is 45.3 Å². The quantitative estimate of drug-likeness (QED) is 0.671. The Bertz CT molecular complexity index is 152. The van der Waals surface area contributed by atoms with Gasteiger partial charge in [-0.25, -0.2) is 0 Å². The van der Waals surface area contributed by atoms with Gasteiger partial charge in [0.1, 0.15) is 0 Å². The van der Waals surface area contributed by atoms with Gasteiger partial charge in [0, 0.05) is 6.04 Å². The molecule has 1 heterocycles. The number of rotatable bonds is 5. The van der Waals surface area contributed by atoms with Crippen LogP contribution in [0.5, 0.6) is 0 Å². The first-order chi connectivity index (χ1) is 6.40. The predicted molar refractivity (Wildman–Crippen MR) is 55.8 cm³/mol. The molecule has 0 aromatic carbocycles. The first kappa shape index (κ1) is 9.47. The van der Waals surface area contributed by atoms with Gasteiger partial charge in [0.05, 0.1) is 0 Å². The number of nitrogens with one attached hydrogen (secondary N) is 2. The standard InChI is InChI=1S/C11H22N2/c1-2-3-10-6-11(10)13-8-9-4-5-12-7-9/h9-13H,2-8H2,1H3. The van der Waals surface area contributed by atoms with Crippen LogP contribution in [0.15, 0.2) is 0 Å². The summed E-state index contributed by atoms with van der Waals surface area (Å²) in [7, 11) is 0. The summed E-state index contributed by atoms with van der Waals surface area (Å²) in [4.78, 5) is 0. The lowest BCUT2D eigenvalue weighted by Crippen LogP contribution is -2.27. The summed E-state index contributed by atoms with van der Waals surface area (Å²) in [5, 5.41) is 7.11. The maximum absolute atomic E-state index is 3.69. The zero-order chi connectivity index (χ0) is 9.10. The molecule has 13 heavy (non-hydrogen) atoms. The second-order valence-corrected chi connectivity index (χ2v) is 4.66. The summed E-state index contributed by atoms with van der Waals surface area (Å²) in [6, 6.07) is 0.876. The van der Waals surface area contributed by atoms with Gasteiger partial charge in [-0.1, -0.05) is 13.3 Å². The molecule has 2 rings (SSSR count). The molecule has 1 saturated heterocycles. The first-order valence-electron chi connectivity index (χ1n) is 5.84. The van der Waals surface area contributed by atoms with Gasteiger partial charge in [-0.2, -0.15) is 0 Å². The van der Waals surface area contributed by atoms with E-state index in [9.17, 15) is 0 Å². The van der Waals surface area contributed by atoms with Crippen LogP contribution in [0.25, 0.3) is 0 Å². The highest BCUT2D eigenvalue weighted by Gasteiger charge is 2.35. The molecule has 3 atom stereocenters. The van der Waals surface area contributed by atoms with Crippen molar-refractivity contribution in [1.82, 2.24) is 10.6 Å². The summed E-state index contributed by atoms with van der Waals surface area (Å²) in [6.07, 6.45) is 5.60. The molecule has 0 bridgehead atoms. The van der Waals surface area contributed by atoms with Gasteiger partial charge in [-0.3, -0.25) is 0 Å². The molecule has 0 amide bonds. The van der Waals surface area contributed by atoms with E-state index in [0.717, 1.165) is 17.9 Å². The highest BCUT2D eigenvalue weighted by Crippen LogP contribution is 2.34. The predicted octanol–water partition coefficient (Wildman–Crippen LogP) is 1.37. The third kappa shape index (κ3) is 2.68. The molecule has 2 fully saturated rings. The topological polar surface area (TPSA) is 24.1 Å². The molecule has 2 aliphatic rings. The van der Waals surface area contributed by atoms with Crippen LogP contribution in [0, 0.1) is 11.8 Å². The van der Waals surface area contributed by atoms with Crippen LogP contribution in [-0.4, -0.2) is 25.7 Å². The minimum atomic E-state index is 0.876. The fraction of sp³-hybridized carbons (Fsp3) is 1.00. The third-order valence-corrected chi connectivity index (χ3v) is 3.41. The zero-order valence-electron chi connectivity index (χ0n) is 8.68. The van der Waals surface area contributed by atoms with E-state index in [1.54, 1.807) is 0 Å². The van der Waals surface area contributed by atoms with Crippen molar-refractivity contribution < 1.29 is 0 Å². The summed E-state index contributed by atoms with van der Waals surface area (Å²) < 4.78 is 0. The Kier molecular flexibility index (Phi) is 3.23. The average Bonchev–Trinajstić information content (AvgIpc) is 2.66. The Labute approximate surface area is 81.5 Å². The van der Waals surface area contributed by atoms with Crippen molar-refractivity contribution in [3.05, 3.63) is 0 Å². The second-order valence-electron chi connectivity index (χ2n) is 4.66. The summed E-state index contributed by atoms with van der Waals surface area (Å²) in [5.41, 5.74) is 0. The third-order valence-electron chi connectivity index (χ3n) is 3.41. The Morgan fingerprint density at radius 2 is 2.38 bits per heavy atom. The Morgan fingerprint density at radius 1 is 1.46 bits per heavy atom. The van der Waals surface area contributed by atoms with E-state index in [2.05, 4.69) is 17.6 Å². The van der Waals surface area contributed by atoms with Gasteiger partial charge in [0.25, 0.3) is 0 Å². The van der Waals surface area contributed by atoms with E-state index in [4.69, 9.17) is 0 Å². The Morgan fingerprint density at radius 3 is 3.08 bits per heavy atom. The molecule has 1 aliphatic heterocycles. The molecular formula is C11H22N2. The van der Waals surface area contributed by atoms with Gasteiger partial charge in [0.15, 0.2) is 0 Å². The van der Waals surface area contributed by atoms with Crippen molar-refractivity contribution >= 4 is 0 Å². The monoisotopic (exact) mass is 182 g/mol. The van der Waals surface area contributed by atoms with Crippen molar-refractivity contribution in [2.75, 3.05) is 19.6 Å². The first-order valence-corrected chi connectivity index (χ1v) is 5.84. The Balaban J connectivity index is 1.54. The molecular weight excluding hydrogens is 160 g/mol. The van der Waals surface area contributed by atoms with Gasteiger partial charge < -0.3 is 10.6 Å². The molecule has 1 aliphatic carbocycles. The van der Waals surface area contributed by atoms with E-state index >= 15 is 0 Å². The molecule has 1 saturated carbocycles. The minimum Gasteiger partial charge on any atom is -0.316 e. The highest BCUT2D eigenvalue weighted by atomic mass is 15.0. The molecule has 0 aromatic rings. The SMILES string of the molecule is CCCC1CC1NCC1CCNC1. The molecule has 76 valence electrons. The number of hydrogen-bond donors (Lipinski definition) is 2. The van der Waals surface area contributed by atoms with Crippen LogP contribution in [0.2, 0.25) is 0 Å². The van der Waals surface area contributed by atoms with E-state index in [1.807, 2.05) is 0 Å². The van der Waals surface area contributed by atoms with Gasteiger partial charge >= 0.3 is 0 Å². The summed E-state index contributed by atoms with van der Waals surface area (Å²) in [6.45, 7) is 6.00. The Hall–Kier alpha value is -0.0800.